The molecule has 4 nitrogen and oxygen atoms in total. The maximum Gasteiger partial charge on any atom is 0.337 e. The number of aliphatic carboxylic acids is 1. The van der Waals surface area contributed by atoms with Gasteiger partial charge in [0.25, 0.3) is 0 Å². The van der Waals surface area contributed by atoms with E-state index in [2.05, 4.69) is 0 Å². The lowest BCUT2D eigenvalue weighted by Crippen LogP contribution is -2.10. The Morgan fingerprint density at radius 2 is 1.84 bits per heavy atom. The molecule has 2 aromatic carbocycles. The third-order valence-corrected chi connectivity index (χ3v) is 2.66. The van der Waals surface area contributed by atoms with E-state index in [1.165, 1.54) is 6.07 Å². The molecule has 19 heavy (non-hydrogen) atoms. The van der Waals surface area contributed by atoms with Gasteiger partial charge < -0.3 is 14.9 Å². The summed E-state index contributed by atoms with van der Waals surface area (Å²) in [5.41, 5.74) is 1.32. The second kappa shape index (κ2) is 6.02. The third-order valence-electron chi connectivity index (χ3n) is 2.66. The lowest BCUT2D eigenvalue weighted by atomic mass is 10.1. The van der Waals surface area contributed by atoms with Crippen LogP contribution < -0.4 is 4.74 Å². The van der Waals surface area contributed by atoms with Gasteiger partial charge >= 0.3 is 5.97 Å². The Kier molecular flexibility index (Phi) is 4.15. The van der Waals surface area contributed by atoms with Crippen molar-refractivity contribution in [3.63, 3.8) is 0 Å². The fourth-order valence-corrected chi connectivity index (χ4v) is 1.66. The zero-order valence-corrected chi connectivity index (χ0v) is 10.2. The number of benzene rings is 2. The van der Waals surface area contributed by atoms with E-state index in [0.717, 1.165) is 5.56 Å². The Morgan fingerprint density at radius 1 is 1.11 bits per heavy atom. The summed E-state index contributed by atoms with van der Waals surface area (Å²) < 4.78 is 5.56. The topological polar surface area (TPSA) is 66.8 Å². The molecular formula is C15H14O4. The molecular weight excluding hydrogens is 244 g/mol. The molecule has 0 saturated carbocycles. The van der Waals surface area contributed by atoms with Crippen molar-refractivity contribution in [2.75, 3.05) is 0 Å². The van der Waals surface area contributed by atoms with Crippen molar-refractivity contribution in [2.45, 2.75) is 12.7 Å². The molecule has 2 N–H and O–H groups in total. The van der Waals surface area contributed by atoms with Crippen LogP contribution in [0, 0.1) is 0 Å². The Labute approximate surface area is 110 Å². The number of rotatable bonds is 5. The molecule has 2 rings (SSSR count). The van der Waals surface area contributed by atoms with Crippen LogP contribution in [0.5, 0.6) is 5.75 Å². The van der Waals surface area contributed by atoms with Crippen molar-refractivity contribution in [1.29, 1.82) is 0 Å². The number of carboxylic acid groups (broad SMARTS) is 1. The van der Waals surface area contributed by atoms with Crippen LogP contribution in [0.4, 0.5) is 0 Å². The predicted molar refractivity (Wildman–Crippen MR) is 69.8 cm³/mol. The maximum absolute atomic E-state index is 10.7. The second-order valence-corrected chi connectivity index (χ2v) is 4.09. The number of ether oxygens (including phenoxy) is 1. The minimum Gasteiger partial charge on any atom is -0.489 e. The van der Waals surface area contributed by atoms with Gasteiger partial charge in [-0.3, -0.25) is 0 Å². The zero-order valence-electron chi connectivity index (χ0n) is 10.2. The summed E-state index contributed by atoms with van der Waals surface area (Å²) in [6.45, 7) is 0.396. The van der Waals surface area contributed by atoms with E-state index in [1.54, 1.807) is 18.2 Å². The first-order valence-corrected chi connectivity index (χ1v) is 5.84. The highest BCUT2D eigenvalue weighted by molar-refractivity contribution is 5.74. The fraction of sp³-hybridized carbons (Fsp3) is 0.133. The molecule has 1 atom stereocenters. The van der Waals surface area contributed by atoms with Crippen molar-refractivity contribution in [2.24, 2.45) is 0 Å². The average molecular weight is 258 g/mol. The van der Waals surface area contributed by atoms with Crippen LogP contribution in [0.3, 0.4) is 0 Å². The van der Waals surface area contributed by atoms with Gasteiger partial charge in [0.05, 0.1) is 0 Å². The van der Waals surface area contributed by atoms with Crippen molar-refractivity contribution < 1.29 is 19.7 Å². The van der Waals surface area contributed by atoms with Crippen LogP contribution in [0.25, 0.3) is 0 Å². The monoisotopic (exact) mass is 258 g/mol. The summed E-state index contributed by atoms with van der Waals surface area (Å²) in [5, 5.41) is 18.2. The van der Waals surface area contributed by atoms with Crippen molar-refractivity contribution in [3.05, 3.63) is 65.7 Å². The van der Waals surface area contributed by atoms with Crippen LogP contribution in [0.15, 0.2) is 54.6 Å². The van der Waals surface area contributed by atoms with Crippen LogP contribution in [-0.2, 0) is 11.4 Å². The maximum atomic E-state index is 10.7. The SMILES string of the molecule is O=C(O)C(O)c1cccc(OCc2ccccc2)c1. The molecule has 0 aromatic heterocycles. The third kappa shape index (κ3) is 3.56. The molecule has 0 bridgehead atoms. The van der Waals surface area contributed by atoms with E-state index in [-0.39, 0.29) is 0 Å². The second-order valence-electron chi connectivity index (χ2n) is 4.09. The minimum atomic E-state index is -1.53. The zero-order chi connectivity index (χ0) is 13.7. The Balaban J connectivity index is 2.05. The van der Waals surface area contributed by atoms with Gasteiger partial charge in [0.2, 0.25) is 0 Å². The van der Waals surface area contributed by atoms with E-state index < -0.39 is 12.1 Å². The first-order valence-electron chi connectivity index (χ1n) is 5.84. The first kappa shape index (κ1) is 13.1. The summed E-state index contributed by atoms with van der Waals surface area (Å²) in [5.74, 6) is -0.748. The molecule has 0 spiro atoms. The average Bonchev–Trinajstić information content (AvgIpc) is 2.45. The standard InChI is InChI=1S/C15H14O4/c16-14(15(17)18)12-7-4-8-13(9-12)19-10-11-5-2-1-3-6-11/h1-9,14,16H,10H2,(H,17,18). The number of aliphatic hydroxyl groups is 1. The number of hydrogen-bond acceptors (Lipinski definition) is 3. The number of carboxylic acids is 1. The largest absolute Gasteiger partial charge is 0.489 e. The molecule has 0 heterocycles. The number of aliphatic hydroxyl groups excluding tert-OH is 1. The summed E-state index contributed by atoms with van der Waals surface area (Å²) in [6, 6.07) is 16.1. The van der Waals surface area contributed by atoms with Gasteiger partial charge in [0.15, 0.2) is 6.10 Å². The van der Waals surface area contributed by atoms with Crippen LogP contribution in [0.2, 0.25) is 0 Å². The highest BCUT2D eigenvalue weighted by atomic mass is 16.5. The van der Waals surface area contributed by atoms with Gasteiger partial charge in [-0.15, -0.1) is 0 Å². The van der Waals surface area contributed by atoms with Gasteiger partial charge in [-0.05, 0) is 23.3 Å². The van der Waals surface area contributed by atoms with Crippen LogP contribution >= 0.6 is 0 Å². The van der Waals surface area contributed by atoms with E-state index >= 15 is 0 Å². The molecule has 0 saturated heterocycles. The highest BCUT2D eigenvalue weighted by Gasteiger charge is 2.16. The lowest BCUT2D eigenvalue weighted by Gasteiger charge is -2.10. The smallest absolute Gasteiger partial charge is 0.337 e. The van der Waals surface area contributed by atoms with E-state index in [9.17, 15) is 9.90 Å². The molecule has 0 radical (unpaired) electrons. The van der Waals surface area contributed by atoms with Gasteiger partial charge in [-0.1, -0.05) is 42.5 Å². The predicted octanol–water partition coefficient (Wildman–Crippen LogP) is 2.38. The van der Waals surface area contributed by atoms with Crippen LogP contribution in [-0.4, -0.2) is 16.2 Å². The first-order chi connectivity index (χ1) is 9.16. The Hall–Kier alpha value is -2.33. The molecule has 0 aliphatic heterocycles. The lowest BCUT2D eigenvalue weighted by molar-refractivity contribution is -0.146. The molecule has 4 heteroatoms. The minimum absolute atomic E-state index is 0.304. The highest BCUT2D eigenvalue weighted by Crippen LogP contribution is 2.20. The van der Waals surface area contributed by atoms with Crippen molar-refractivity contribution >= 4 is 5.97 Å². The van der Waals surface area contributed by atoms with Gasteiger partial charge in [-0.25, -0.2) is 4.79 Å². The van der Waals surface area contributed by atoms with Gasteiger partial charge in [-0.2, -0.15) is 0 Å². The van der Waals surface area contributed by atoms with E-state index in [1.807, 2.05) is 30.3 Å². The van der Waals surface area contributed by atoms with Crippen LogP contribution in [0.1, 0.15) is 17.2 Å². The number of hydrogen-bond donors (Lipinski definition) is 2. The summed E-state index contributed by atoms with van der Waals surface area (Å²) in [7, 11) is 0. The Bertz CT molecular complexity index is 551. The fourth-order valence-electron chi connectivity index (χ4n) is 1.66. The molecule has 1 unspecified atom stereocenters. The summed E-state index contributed by atoms with van der Waals surface area (Å²) >= 11 is 0. The molecule has 0 fully saturated rings. The van der Waals surface area contributed by atoms with Crippen molar-refractivity contribution in [3.8, 4) is 5.75 Å². The molecule has 2 aromatic rings. The van der Waals surface area contributed by atoms with Gasteiger partial charge in [0.1, 0.15) is 12.4 Å². The summed E-state index contributed by atoms with van der Waals surface area (Å²) in [4.78, 5) is 10.7. The van der Waals surface area contributed by atoms with E-state index in [0.29, 0.717) is 17.9 Å². The molecule has 0 aliphatic carbocycles. The molecule has 0 aliphatic rings. The normalized spacial score (nSPS) is 11.8. The van der Waals surface area contributed by atoms with E-state index in [4.69, 9.17) is 9.84 Å². The number of carbonyl (C=O) groups is 1. The molecule has 0 amide bonds. The molecule has 98 valence electrons. The van der Waals surface area contributed by atoms with Crippen molar-refractivity contribution in [1.82, 2.24) is 0 Å². The van der Waals surface area contributed by atoms with Gasteiger partial charge in [0, 0.05) is 0 Å². The summed E-state index contributed by atoms with van der Waals surface area (Å²) in [6.07, 6.45) is -1.53. The Morgan fingerprint density at radius 3 is 2.53 bits per heavy atom. The quantitative estimate of drug-likeness (QED) is 0.864.